The van der Waals surface area contributed by atoms with Crippen molar-refractivity contribution in [1.82, 2.24) is 5.32 Å². The van der Waals surface area contributed by atoms with Crippen molar-refractivity contribution < 1.29 is 9.47 Å². The summed E-state index contributed by atoms with van der Waals surface area (Å²) < 4.78 is 12.9. The van der Waals surface area contributed by atoms with Gasteiger partial charge in [0.1, 0.15) is 0 Å². The van der Waals surface area contributed by atoms with Crippen LogP contribution in [0.15, 0.2) is 28.7 Å². The Morgan fingerprint density at radius 2 is 1.88 bits per heavy atom. The molecule has 1 aromatic rings. The van der Waals surface area contributed by atoms with Gasteiger partial charge in [-0.3, -0.25) is 0 Å². The van der Waals surface area contributed by atoms with Crippen molar-refractivity contribution in [2.24, 2.45) is 0 Å². The average Bonchev–Trinajstić information content (AvgIpc) is 2.73. The van der Waals surface area contributed by atoms with Crippen molar-refractivity contribution in [3.63, 3.8) is 0 Å². The van der Waals surface area contributed by atoms with Crippen molar-refractivity contribution >= 4 is 15.9 Å². The molecule has 0 bridgehead atoms. The third-order valence-electron chi connectivity index (χ3n) is 3.10. The second-order valence-electron chi connectivity index (χ2n) is 4.23. The Labute approximate surface area is 103 Å². The Morgan fingerprint density at radius 3 is 2.62 bits per heavy atom. The van der Waals surface area contributed by atoms with Crippen LogP contribution in [0.4, 0.5) is 0 Å². The summed E-state index contributed by atoms with van der Waals surface area (Å²) >= 11 is 3.42. The predicted octanol–water partition coefficient (Wildman–Crippen LogP) is 2.22. The molecule has 3 rings (SSSR count). The SMILES string of the molecule is Brc1ccc(C2OC3CCNCC3O2)cc1. The number of benzene rings is 1. The number of piperidine rings is 1. The molecular formula is C12H14BrNO2. The zero-order valence-electron chi connectivity index (χ0n) is 8.86. The number of hydrogen-bond donors (Lipinski definition) is 1. The summed E-state index contributed by atoms with van der Waals surface area (Å²) in [5.74, 6) is 0. The first-order valence-corrected chi connectivity index (χ1v) is 6.39. The topological polar surface area (TPSA) is 30.5 Å². The highest BCUT2D eigenvalue weighted by molar-refractivity contribution is 9.10. The van der Waals surface area contributed by atoms with Crippen LogP contribution in [0.3, 0.4) is 0 Å². The molecule has 0 spiro atoms. The molecule has 1 aromatic carbocycles. The number of ether oxygens (including phenoxy) is 2. The van der Waals surface area contributed by atoms with Crippen LogP contribution in [0, 0.1) is 0 Å². The highest BCUT2D eigenvalue weighted by Gasteiger charge is 2.38. The Bertz CT molecular complexity index is 354. The fourth-order valence-corrected chi connectivity index (χ4v) is 2.49. The van der Waals surface area contributed by atoms with E-state index >= 15 is 0 Å². The Morgan fingerprint density at radius 1 is 1.12 bits per heavy atom. The first-order valence-electron chi connectivity index (χ1n) is 5.60. The van der Waals surface area contributed by atoms with E-state index in [1.54, 1.807) is 0 Å². The van der Waals surface area contributed by atoms with Gasteiger partial charge in [-0.2, -0.15) is 0 Å². The van der Waals surface area contributed by atoms with Gasteiger partial charge in [-0.05, 0) is 25.1 Å². The minimum atomic E-state index is -0.192. The normalized spacial score (nSPS) is 33.7. The van der Waals surface area contributed by atoms with E-state index in [4.69, 9.17) is 9.47 Å². The third kappa shape index (κ3) is 2.02. The second kappa shape index (κ2) is 4.45. The molecule has 3 atom stereocenters. The highest BCUT2D eigenvalue weighted by atomic mass is 79.9. The van der Waals surface area contributed by atoms with Crippen LogP contribution >= 0.6 is 15.9 Å². The summed E-state index contributed by atoms with van der Waals surface area (Å²) in [6.45, 7) is 1.93. The highest BCUT2D eigenvalue weighted by Crippen LogP contribution is 2.33. The Hall–Kier alpha value is -0.420. The van der Waals surface area contributed by atoms with Crippen molar-refractivity contribution in [3.8, 4) is 0 Å². The maximum atomic E-state index is 5.91. The zero-order chi connectivity index (χ0) is 11.0. The van der Waals surface area contributed by atoms with Crippen LogP contribution in [0.5, 0.6) is 0 Å². The molecule has 1 N–H and O–H groups in total. The molecule has 2 saturated heterocycles. The maximum absolute atomic E-state index is 5.91. The lowest BCUT2D eigenvalue weighted by Crippen LogP contribution is -2.41. The third-order valence-corrected chi connectivity index (χ3v) is 3.63. The first-order chi connectivity index (χ1) is 7.83. The first kappa shape index (κ1) is 10.7. The largest absolute Gasteiger partial charge is 0.342 e. The van der Waals surface area contributed by atoms with E-state index in [2.05, 4.69) is 21.2 Å². The minimum Gasteiger partial charge on any atom is -0.342 e. The van der Waals surface area contributed by atoms with Crippen LogP contribution in [0.2, 0.25) is 0 Å². The lowest BCUT2D eigenvalue weighted by atomic mass is 10.1. The van der Waals surface area contributed by atoms with Gasteiger partial charge in [-0.1, -0.05) is 28.1 Å². The van der Waals surface area contributed by atoms with Crippen LogP contribution in [0.25, 0.3) is 0 Å². The Balaban J connectivity index is 1.75. The number of hydrogen-bond acceptors (Lipinski definition) is 3. The van der Waals surface area contributed by atoms with Gasteiger partial charge >= 0.3 is 0 Å². The molecule has 2 aliphatic heterocycles. The predicted molar refractivity (Wildman–Crippen MR) is 64.1 cm³/mol. The fraction of sp³-hybridized carbons (Fsp3) is 0.500. The van der Waals surface area contributed by atoms with Crippen molar-refractivity contribution in [2.45, 2.75) is 24.9 Å². The van der Waals surface area contributed by atoms with Gasteiger partial charge in [0, 0.05) is 16.6 Å². The van der Waals surface area contributed by atoms with Gasteiger partial charge in [0.25, 0.3) is 0 Å². The van der Waals surface area contributed by atoms with Gasteiger partial charge in [0.2, 0.25) is 0 Å². The number of fused-ring (bicyclic) bond motifs is 1. The molecule has 2 fully saturated rings. The van der Waals surface area contributed by atoms with E-state index in [-0.39, 0.29) is 18.5 Å². The van der Waals surface area contributed by atoms with Gasteiger partial charge in [-0.25, -0.2) is 0 Å². The van der Waals surface area contributed by atoms with E-state index in [0.717, 1.165) is 29.5 Å². The maximum Gasteiger partial charge on any atom is 0.184 e. The van der Waals surface area contributed by atoms with E-state index < -0.39 is 0 Å². The number of rotatable bonds is 1. The molecule has 2 heterocycles. The molecule has 16 heavy (non-hydrogen) atoms. The summed E-state index contributed by atoms with van der Waals surface area (Å²) in [6.07, 6.45) is 1.32. The smallest absolute Gasteiger partial charge is 0.184 e. The Kier molecular flexibility index (Phi) is 2.98. The van der Waals surface area contributed by atoms with Gasteiger partial charge in [0.15, 0.2) is 6.29 Å². The van der Waals surface area contributed by atoms with Crippen LogP contribution in [-0.4, -0.2) is 25.3 Å². The van der Waals surface area contributed by atoms with Crippen LogP contribution < -0.4 is 5.32 Å². The van der Waals surface area contributed by atoms with Crippen molar-refractivity contribution in [1.29, 1.82) is 0 Å². The summed E-state index contributed by atoms with van der Waals surface area (Å²) in [5, 5.41) is 3.32. The van der Waals surface area contributed by atoms with Crippen molar-refractivity contribution in [3.05, 3.63) is 34.3 Å². The van der Waals surface area contributed by atoms with E-state index in [1.807, 2.05) is 24.3 Å². The molecule has 0 amide bonds. The number of nitrogens with one attached hydrogen (secondary N) is 1. The molecule has 2 aliphatic rings. The molecule has 0 aliphatic carbocycles. The summed E-state index contributed by atoms with van der Waals surface area (Å²) in [6, 6.07) is 8.11. The second-order valence-corrected chi connectivity index (χ2v) is 5.14. The summed E-state index contributed by atoms with van der Waals surface area (Å²) in [5.41, 5.74) is 1.10. The lowest BCUT2D eigenvalue weighted by Gasteiger charge is -2.22. The van der Waals surface area contributed by atoms with E-state index in [9.17, 15) is 0 Å². The van der Waals surface area contributed by atoms with Gasteiger partial charge in [0.05, 0.1) is 12.2 Å². The van der Waals surface area contributed by atoms with Crippen molar-refractivity contribution in [2.75, 3.05) is 13.1 Å². The standard InChI is InChI=1S/C12H14BrNO2/c13-9-3-1-8(2-4-9)12-15-10-5-6-14-7-11(10)16-12/h1-4,10-12,14H,5-7H2. The monoisotopic (exact) mass is 283 g/mol. The summed E-state index contributed by atoms with van der Waals surface area (Å²) in [7, 11) is 0. The summed E-state index contributed by atoms with van der Waals surface area (Å²) in [4.78, 5) is 0. The minimum absolute atomic E-state index is 0.192. The zero-order valence-corrected chi connectivity index (χ0v) is 10.4. The lowest BCUT2D eigenvalue weighted by molar-refractivity contribution is -0.0668. The fourth-order valence-electron chi connectivity index (χ4n) is 2.22. The molecule has 3 unspecified atom stereocenters. The van der Waals surface area contributed by atoms with Gasteiger partial charge in [-0.15, -0.1) is 0 Å². The molecule has 0 saturated carbocycles. The van der Waals surface area contributed by atoms with Gasteiger partial charge < -0.3 is 14.8 Å². The average molecular weight is 284 g/mol. The number of halogens is 1. The van der Waals surface area contributed by atoms with Crippen LogP contribution in [-0.2, 0) is 9.47 Å². The quantitative estimate of drug-likeness (QED) is 0.857. The van der Waals surface area contributed by atoms with E-state index in [1.165, 1.54) is 0 Å². The molecule has 86 valence electrons. The molecule has 3 nitrogen and oxygen atoms in total. The molecule has 0 radical (unpaired) electrons. The van der Waals surface area contributed by atoms with E-state index in [0.29, 0.717) is 0 Å². The molecule has 0 aromatic heterocycles. The van der Waals surface area contributed by atoms with Crippen LogP contribution in [0.1, 0.15) is 18.3 Å². The molecular weight excluding hydrogens is 270 g/mol. The molecule has 4 heteroatoms.